The van der Waals surface area contributed by atoms with Crippen molar-refractivity contribution in [3.05, 3.63) is 67.2 Å². The number of aromatic nitrogens is 2. The molecule has 0 aliphatic rings. The second-order valence-electron chi connectivity index (χ2n) is 6.14. The molecule has 0 radical (unpaired) electrons. The zero-order valence-electron chi connectivity index (χ0n) is 15.1. The number of aliphatic hydroxyl groups excluding tert-OH is 1. The van der Waals surface area contributed by atoms with Gasteiger partial charge in [-0.25, -0.2) is 4.98 Å². The summed E-state index contributed by atoms with van der Waals surface area (Å²) in [5.74, 6) is 0.342. The molecule has 0 aliphatic carbocycles. The number of hydrogen-bond donors (Lipinski definition) is 2. The molecule has 0 aliphatic heterocycles. The van der Waals surface area contributed by atoms with Crippen LogP contribution in [0.5, 0.6) is 5.75 Å². The van der Waals surface area contributed by atoms with Gasteiger partial charge in [0.25, 0.3) is 11.2 Å². The van der Waals surface area contributed by atoms with Crippen molar-refractivity contribution in [1.29, 1.82) is 0 Å². The van der Waals surface area contributed by atoms with Gasteiger partial charge in [0.1, 0.15) is 24.1 Å². The van der Waals surface area contributed by atoms with Crippen LogP contribution in [-0.2, 0) is 6.54 Å². The summed E-state index contributed by atoms with van der Waals surface area (Å²) >= 11 is 11.8. The molecule has 0 bridgehead atoms. The van der Waals surface area contributed by atoms with Gasteiger partial charge in [-0.05, 0) is 24.3 Å². The van der Waals surface area contributed by atoms with Crippen molar-refractivity contribution in [2.75, 3.05) is 19.0 Å². The van der Waals surface area contributed by atoms with Gasteiger partial charge in [-0.15, -0.1) is 0 Å². The average molecular weight is 439 g/mol. The molecule has 1 heterocycles. The average Bonchev–Trinajstić information content (AvgIpc) is 2.68. The molecule has 152 valence electrons. The van der Waals surface area contributed by atoms with Gasteiger partial charge in [0, 0.05) is 18.1 Å². The lowest BCUT2D eigenvalue weighted by Gasteiger charge is -2.15. The molecule has 0 spiro atoms. The molecule has 3 rings (SSSR count). The zero-order valence-corrected chi connectivity index (χ0v) is 16.6. The fraction of sp³-hybridized carbons (Fsp3) is 0.222. The van der Waals surface area contributed by atoms with Gasteiger partial charge in [-0.3, -0.25) is 19.5 Å². The summed E-state index contributed by atoms with van der Waals surface area (Å²) in [7, 11) is 1.54. The summed E-state index contributed by atoms with van der Waals surface area (Å²) in [6.07, 6.45) is 0.222. The summed E-state index contributed by atoms with van der Waals surface area (Å²) < 4.78 is 6.63. The van der Waals surface area contributed by atoms with Crippen molar-refractivity contribution in [3.8, 4) is 5.75 Å². The van der Waals surface area contributed by atoms with Crippen molar-refractivity contribution < 1.29 is 14.8 Å². The van der Waals surface area contributed by atoms with Crippen LogP contribution >= 0.6 is 23.2 Å². The summed E-state index contributed by atoms with van der Waals surface area (Å²) in [4.78, 5) is 27.5. The Morgan fingerprint density at radius 2 is 2.10 bits per heavy atom. The molecule has 0 unspecified atom stereocenters. The maximum absolute atomic E-state index is 12.7. The number of nitrogens with zero attached hydrogens (tertiary/aromatic N) is 3. The topological polar surface area (TPSA) is 120 Å². The van der Waals surface area contributed by atoms with Crippen LogP contribution in [-0.4, -0.2) is 39.3 Å². The molecule has 1 aromatic heterocycles. The monoisotopic (exact) mass is 438 g/mol. The van der Waals surface area contributed by atoms with Gasteiger partial charge in [0.05, 0.1) is 33.7 Å². The highest BCUT2D eigenvalue weighted by molar-refractivity contribution is 6.35. The molecule has 0 saturated heterocycles. The molecule has 0 saturated carbocycles. The Kier molecular flexibility index (Phi) is 6.21. The lowest BCUT2D eigenvalue weighted by atomic mass is 10.2. The number of aliphatic hydroxyl groups is 1. The minimum atomic E-state index is -1.05. The van der Waals surface area contributed by atoms with Crippen molar-refractivity contribution >= 4 is 45.5 Å². The summed E-state index contributed by atoms with van der Waals surface area (Å²) in [5, 5.41) is 25.0. The Bertz CT molecular complexity index is 1140. The number of nitro groups is 1. The van der Waals surface area contributed by atoms with E-state index in [1.54, 1.807) is 19.2 Å². The van der Waals surface area contributed by atoms with E-state index in [2.05, 4.69) is 10.3 Å². The first-order chi connectivity index (χ1) is 13.8. The molecule has 1 atom stereocenters. The Balaban J connectivity index is 1.81. The van der Waals surface area contributed by atoms with Crippen molar-refractivity contribution in [1.82, 2.24) is 9.55 Å². The predicted octanol–water partition coefficient (Wildman–Crippen LogP) is 3.09. The first-order valence-corrected chi connectivity index (χ1v) is 9.17. The number of halogens is 2. The predicted molar refractivity (Wildman–Crippen MR) is 110 cm³/mol. The van der Waals surface area contributed by atoms with Crippen LogP contribution in [0.4, 0.5) is 11.4 Å². The van der Waals surface area contributed by atoms with Gasteiger partial charge < -0.3 is 15.2 Å². The number of nitro benzene ring substituents is 1. The molecular weight excluding hydrogens is 423 g/mol. The fourth-order valence-electron chi connectivity index (χ4n) is 2.73. The highest BCUT2D eigenvalue weighted by Crippen LogP contribution is 2.28. The lowest BCUT2D eigenvalue weighted by molar-refractivity contribution is -0.383. The zero-order chi connectivity index (χ0) is 21.1. The lowest BCUT2D eigenvalue weighted by Crippen LogP contribution is -2.30. The van der Waals surface area contributed by atoms with E-state index in [9.17, 15) is 20.0 Å². The van der Waals surface area contributed by atoms with E-state index in [-0.39, 0.29) is 29.9 Å². The van der Waals surface area contributed by atoms with Crippen molar-refractivity contribution in [2.45, 2.75) is 12.6 Å². The first kappa shape index (κ1) is 20.8. The molecule has 29 heavy (non-hydrogen) atoms. The second kappa shape index (κ2) is 8.64. The Morgan fingerprint density at radius 1 is 1.34 bits per heavy atom. The van der Waals surface area contributed by atoms with Crippen molar-refractivity contribution in [2.24, 2.45) is 0 Å². The van der Waals surface area contributed by atoms with Gasteiger partial charge in [-0.1, -0.05) is 23.2 Å². The molecule has 2 N–H and O–H groups in total. The van der Waals surface area contributed by atoms with Crippen LogP contribution < -0.4 is 15.6 Å². The van der Waals surface area contributed by atoms with Crippen molar-refractivity contribution in [3.63, 3.8) is 0 Å². The molecule has 11 heteroatoms. The third-order valence-electron chi connectivity index (χ3n) is 4.14. The van der Waals surface area contributed by atoms with Crippen LogP contribution in [0, 0.1) is 10.1 Å². The van der Waals surface area contributed by atoms with Gasteiger partial charge in [0.2, 0.25) is 0 Å². The summed E-state index contributed by atoms with van der Waals surface area (Å²) in [5.41, 5.74) is -0.192. The number of nitrogens with one attached hydrogen (secondary N) is 1. The third-order valence-corrected chi connectivity index (χ3v) is 4.67. The summed E-state index contributed by atoms with van der Waals surface area (Å²) in [6.45, 7) is -0.251. The quantitative estimate of drug-likeness (QED) is 0.429. The Labute approximate surface area is 174 Å². The summed E-state index contributed by atoms with van der Waals surface area (Å²) in [6, 6.07) is 7.28. The standard InChI is InChI=1S/C18H16Cl2N4O5/c1-21-15-6-14-12(5-16(15)24(27)28)18(26)23(9-22-14)7-11(25)8-29-17-3-2-10(19)4-13(17)20/h2-6,9,11,21,25H,7-8H2,1H3/t11-/m0/s1. The maximum Gasteiger partial charge on any atom is 0.293 e. The van der Waals surface area contributed by atoms with E-state index in [0.717, 1.165) is 0 Å². The second-order valence-corrected chi connectivity index (χ2v) is 6.98. The molecular formula is C18H16Cl2N4O5. The number of ether oxygens (including phenoxy) is 1. The van der Waals surface area contributed by atoms with E-state index < -0.39 is 16.6 Å². The van der Waals surface area contributed by atoms with E-state index >= 15 is 0 Å². The van der Waals surface area contributed by atoms with E-state index in [4.69, 9.17) is 27.9 Å². The van der Waals surface area contributed by atoms with Crippen LogP contribution in [0.2, 0.25) is 10.0 Å². The SMILES string of the molecule is CNc1cc2ncn(C[C@H](O)COc3ccc(Cl)cc3Cl)c(=O)c2cc1[N+](=O)[O-]. The maximum atomic E-state index is 12.7. The van der Waals surface area contributed by atoms with Crippen LogP contribution in [0.15, 0.2) is 41.5 Å². The van der Waals surface area contributed by atoms with E-state index in [1.165, 1.54) is 29.1 Å². The minimum Gasteiger partial charge on any atom is -0.489 e. The number of rotatable bonds is 7. The highest BCUT2D eigenvalue weighted by atomic mass is 35.5. The Hall–Kier alpha value is -2.88. The van der Waals surface area contributed by atoms with Crippen LogP contribution in [0.25, 0.3) is 10.9 Å². The molecule has 0 fully saturated rings. The molecule has 2 aromatic carbocycles. The number of benzene rings is 2. The largest absolute Gasteiger partial charge is 0.489 e. The third kappa shape index (κ3) is 4.58. The highest BCUT2D eigenvalue weighted by Gasteiger charge is 2.18. The number of fused-ring (bicyclic) bond motifs is 1. The first-order valence-electron chi connectivity index (χ1n) is 8.41. The molecule has 0 amide bonds. The smallest absolute Gasteiger partial charge is 0.293 e. The van der Waals surface area contributed by atoms with Gasteiger partial charge >= 0.3 is 0 Å². The minimum absolute atomic E-state index is 0.0760. The Morgan fingerprint density at radius 3 is 2.76 bits per heavy atom. The van der Waals surface area contributed by atoms with E-state index in [0.29, 0.717) is 21.3 Å². The molecule has 3 aromatic rings. The normalized spacial score (nSPS) is 12.0. The molecule has 9 nitrogen and oxygen atoms in total. The van der Waals surface area contributed by atoms with Gasteiger partial charge in [-0.2, -0.15) is 0 Å². The number of hydrogen-bond acceptors (Lipinski definition) is 7. The van der Waals surface area contributed by atoms with E-state index in [1.807, 2.05) is 0 Å². The fourth-order valence-corrected chi connectivity index (χ4v) is 3.20. The van der Waals surface area contributed by atoms with Crippen LogP contribution in [0.1, 0.15) is 0 Å². The van der Waals surface area contributed by atoms with Crippen LogP contribution in [0.3, 0.4) is 0 Å². The number of anilines is 1. The van der Waals surface area contributed by atoms with Gasteiger partial charge in [0.15, 0.2) is 0 Å².